The van der Waals surface area contributed by atoms with Crippen LogP contribution in [0, 0.1) is 22.6 Å². The summed E-state index contributed by atoms with van der Waals surface area (Å²) in [5, 5.41) is 13.7. The lowest BCUT2D eigenvalue weighted by Crippen LogP contribution is -2.39. The van der Waals surface area contributed by atoms with Crippen molar-refractivity contribution in [3.63, 3.8) is 0 Å². The van der Waals surface area contributed by atoms with Crippen molar-refractivity contribution < 1.29 is 33.0 Å². The normalized spacial score (nSPS) is 19.0. The molecule has 41 heavy (non-hydrogen) atoms. The van der Waals surface area contributed by atoms with Crippen LogP contribution in [0.25, 0.3) is 11.3 Å². The summed E-state index contributed by atoms with van der Waals surface area (Å²) in [5.41, 5.74) is 1.75. The van der Waals surface area contributed by atoms with Gasteiger partial charge in [0.15, 0.2) is 11.4 Å². The number of hydrogen-bond donors (Lipinski definition) is 1. The van der Waals surface area contributed by atoms with Crippen LogP contribution < -0.4 is 14.2 Å². The van der Waals surface area contributed by atoms with Crippen LogP contribution in [0.15, 0.2) is 47.0 Å². The third-order valence-corrected chi connectivity index (χ3v) is 8.18. The first kappa shape index (κ1) is 29.0. The van der Waals surface area contributed by atoms with Gasteiger partial charge in [-0.05, 0) is 90.7 Å². The van der Waals surface area contributed by atoms with Crippen molar-refractivity contribution in [2.24, 2.45) is 16.7 Å². The number of aromatic nitrogens is 1. The van der Waals surface area contributed by atoms with Crippen molar-refractivity contribution in [2.75, 3.05) is 7.11 Å². The minimum atomic E-state index is -0.802. The van der Waals surface area contributed by atoms with Crippen LogP contribution in [-0.4, -0.2) is 29.4 Å². The summed E-state index contributed by atoms with van der Waals surface area (Å²) in [7, 11) is 1.53. The maximum absolute atomic E-state index is 15.1. The Bertz CT molecular complexity index is 1380. The number of nitrogens with zero attached hydrogens (tertiary/aromatic N) is 1. The molecule has 1 heterocycles. The molecule has 5 rings (SSSR count). The van der Waals surface area contributed by atoms with Crippen LogP contribution in [0.3, 0.4) is 0 Å². The molecule has 8 heteroatoms. The molecule has 3 aromatic rings. The van der Waals surface area contributed by atoms with Gasteiger partial charge in [0.1, 0.15) is 30.0 Å². The van der Waals surface area contributed by atoms with Gasteiger partial charge < -0.3 is 23.8 Å². The van der Waals surface area contributed by atoms with Crippen molar-refractivity contribution in [3.8, 4) is 28.6 Å². The molecule has 0 saturated heterocycles. The lowest BCUT2D eigenvalue weighted by atomic mass is 9.64. The Hall–Kier alpha value is -3.55. The number of benzene rings is 2. The molecular weight excluding hydrogens is 525 g/mol. The highest BCUT2D eigenvalue weighted by Crippen LogP contribution is 2.48. The third-order valence-electron chi connectivity index (χ3n) is 8.18. The topological polar surface area (TPSA) is 91.0 Å². The molecule has 1 atom stereocenters. The summed E-state index contributed by atoms with van der Waals surface area (Å²) in [6, 6.07) is 12.0. The molecule has 0 aliphatic heterocycles. The van der Waals surface area contributed by atoms with Gasteiger partial charge in [0.05, 0.1) is 19.1 Å². The van der Waals surface area contributed by atoms with Gasteiger partial charge in [-0.25, -0.2) is 4.39 Å². The molecule has 1 aromatic heterocycles. The van der Waals surface area contributed by atoms with Gasteiger partial charge >= 0.3 is 5.97 Å². The molecule has 7 nitrogen and oxygen atoms in total. The largest absolute Gasteiger partial charge is 0.497 e. The van der Waals surface area contributed by atoms with Gasteiger partial charge in [-0.3, -0.25) is 4.79 Å². The first-order valence-corrected chi connectivity index (χ1v) is 14.4. The van der Waals surface area contributed by atoms with Gasteiger partial charge in [0, 0.05) is 0 Å². The molecular formula is C33H40FNO6. The van der Waals surface area contributed by atoms with E-state index in [1.807, 2.05) is 24.3 Å². The van der Waals surface area contributed by atoms with Crippen molar-refractivity contribution in [1.29, 1.82) is 0 Å². The van der Waals surface area contributed by atoms with Crippen molar-refractivity contribution in [2.45, 2.75) is 84.8 Å². The van der Waals surface area contributed by atoms with E-state index in [0.717, 1.165) is 37.7 Å². The predicted octanol–water partition coefficient (Wildman–Crippen LogP) is 8.02. The number of methoxy groups -OCH3 is 1. The summed E-state index contributed by atoms with van der Waals surface area (Å²) in [5.74, 6) is 0.735. The molecule has 2 saturated carbocycles. The van der Waals surface area contributed by atoms with Crippen LogP contribution in [0.1, 0.15) is 83.4 Å². The standard InChI is InChI=1S/C33H40FNO6/c1-32(2)16-24(17-33(3,4)19-32)40-31-28(35-41-30(31)26-14-22(38-5)11-12-27(26)34)18-39-23-8-6-7-21(13-23)25(15-29(36)37)20-9-10-20/h6-8,11-14,20,24-25H,9-10,15-19H2,1-5H3,(H,36,37)/t25-/m0/s1. The number of carboxylic acids is 1. The van der Waals surface area contributed by atoms with E-state index in [4.69, 9.17) is 18.7 Å². The Labute approximate surface area is 241 Å². The molecule has 220 valence electrons. The number of carbonyl (C=O) groups is 1. The zero-order valence-corrected chi connectivity index (χ0v) is 24.5. The summed E-state index contributed by atoms with van der Waals surface area (Å²) in [4.78, 5) is 11.5. The van der Waals surface area contributed by atoms with Gasteiger partial charge in [-0.2, -0.15) is 0 Å². The van der Waals surface area contributed by atoms with Crippen LogP contribution in [0.5, 0.6) is 17.2 Å². The van der Waals surface area contributed by atoms with Crippen LogP contribution in [0.4, 0.5) is 4.39 Å². The summed E-state index contributed by atoms with van der Waals surface area (Å²) in [6.07, 6.45) is 4.84. The van der Waals surface area contributed by atoms with Gasteiger partial charge in [0.25, 0.3) is 0 Å². The predicted molar refractivity (Wildman–Crippen MR) is 153 cm³/mol. The fraction of sp³-hybridized carbons (Fsp3) is 0.515. The van der Waals surface area contributed by atoms with E-state index in [0.29, 0.717) is 28.9 Å². The average Bonchev–Trinajstić information content (AvgIpc) is 3.66. The molecule has 2 aliphatic rings. The quantitative estimate of drug-likeness (QED) is 0.252. The second-order valence-corrected chi connectivity index (χ2v) is 13.2. The minimum absolute atomic E-state index is 0.0392. The minimum Gasteiger partial charge on any atom is -0.497 e. The Morgan fingerprint density at radius 1 is 1.10 bits per heavy atom. The van der Waals surface area contributed by atoms with Gasteiger partial charge in [0.2, 0.25) is 5.76 Å². The Balaban J connectivity index is 1.44. The highest BCUT2D eigenvalue weighted by molar-refractivity contribution is 5.68. The van der Waals surface area contributed by atoms with Gasteiger partial charge in [-0.1, -0.05) is 45.0 Å². The lowest BCUT2D eigenvalue weighted by molar-refractivity contribution is -0.137. The van der Waals surface area contributed by atoms with E-state index < -0.39 is 11.8 Å². The molecule has 0 spiro atoms. The second-order valence-electron chi connectivity index (χ2n) is 13.2. The van der Waals surface area contributed by atoms with E-state index in [1.165, 1.54) is 13.2 Å². The fourth-order valence-electron chi connectivity index (χ4n) is 6.73. The van der Waals surface area contributed by atoms with Crippen molar-refractivity contribution in [1.82, 2.24) is 5.16 Å². The number of carboxylic acid groups (broad SMARTS) is 1. The maximum Gasteiger partial charge on any atom is 0.303 e. The Morgan fingerprint density at radius 2 is 1.83 bits per heavy atom. The molecule has 1 N–H and O–H groups in total. The molecule has 0 amide bonds. The van der Waals surface area contributed by atoms with E-state index >= 15 is 4.39 Å². The molecule has 0 bridgehead atoms. The summed E-state index contributed by atoms with van der Waals surface area (Å²) < 4.78 is 38.9. The molecule has 2 aromatic carbocycles. The zero-order chi connectivity index (χ0) is 29.4. The molecule has 0 unspecified atom stereocenters. The summed E-state index contributed by atoms with van der Waals surface area (Å²) in [6.45, 7) is 9.03. The van der Waals surface area contributed by atoms with E-state index in [2.05, 4.69) is 32.9 Å². The SMILES string of the molecule is COc1ccc(F)c(-c2onc(COc3cccc([C@@H](CC(=O)O)C4CC4)c3)c2OC2CC(C)(C)CC(C)(C)C2)c1. The monoisotopic (exact) mass is 565 g/mol. The van der Waals surface area contributed by atoms with Crippen molar-refractivity contribution in [3.05, 3.63) is 59.5 Å². The lowest BCUT2D eigenvalue weighted by Gasteiger charge is -2.44. The average molecular weight is 566 g/mol. The second kappa shape index (κ2) is 11.4. The first-order valence-electron chi connectivity index (χ1n) is 14.4. The first-order chi connectivity index (χ1) is 19.4. The van der Waals surface area contributed by atoms with Crippen LogP contribution in [0.2, 0.25) is 0 Å². The van der Waals surface area contributed by atoms with E-state index in [-0.39, 0.29) is 47.2 Å². The molecule has 0 radical (unpaired) electrons. The van der Waals surface area contributed by atoms with Crippen molar-refractivity contribution >= 4 is 5.97 Å². The van der Waals surface area contributed by atoms with Gasteiger partial charge in [-0.15, -0.1) is 0 Å². The molecule has 2 fully saturated rings. The van der Waals surface area contributed by atoms with E-state index in [1.54, 1.807) is 12.1 Å². The van der Waals surface area contributed by atoms with Crippen LogP contribution in [-0.2, 0) is 11.4 Å². The zero-order valence-electron chi connectivity index (χ0n) is 24.5. The molecule has 2 aliphatic carbocycles. The number of hydrogen-bond acceptors (Lipinski definition) is 6. The number of rotatable bonds is 11. The fourth-order valence-corrected chi connectivity index (χ4v) is 6.73. The third kappa shape index (κ3) is 7.03. The van der Waals surface area contributed by atoms with E-state index in [9.17, 15) is 9.90 Å². The summed E-state index contributed by atoms with van der Waals surface area (Å²) >= 11 is 0. The Morgan fingerprint density at radius 3 is 2.49 bits per heavy atom. The highest BCUT2D eigenvalue weighted by atomic mass is 19.1. The highest BCUT2D eigenvalue weighted by Gasteiger charge is 2.40. The maximum atomic E-state index is 15.1. The number of aliphatic carboxylic acids is 1. The smallest absolute Gasteiger partial charge is 0.303 e. The van der Waals surface area contributed by atoms with Crippen LogP contribution >= 0.6 is 0 Å². The Kier molecular flexibility index (Phi) is 8.04. The number of halogens is 1. The number of ether oxygens (including phenoxy) is 3.